The number of rotatable bonds is 9. The molecule has 1 unspecified atom stereocenters. The topological polar surface area (TPSA) is 88.7 Å². The first kappa shape index (κ1) is 26.4. The Morgan fingerprint density at radius 3 is 1.86 bits per heavy atom. The summed E-state index contributed by atoms with van der Waals surface area (Å²) in [6.45, 7) is -0.513. The van der Waals surface area contributed by atoms with Crippen LogP contribution in [0.2, 0.25) is 10.0 Å². The molecule has 3 saturated carbocycles. The van der Waals surface area contributed by atoms with Gasteiger partial charge in [-0.15, -0.1) is 0 Å². The van der Waals surface area contributed by atoms with Crippen molar-refractivity contribution in [1.29, 1.82) is 0 Å². The molecular weight excluding hydrogens is 515 g/mol. The zero-order valence-electron chi connectivity index (χ0n) is 19.6. The molecule has 0 aliphatic heterocycles. The highest BCUT2D eigenvalue weighted by atomic mass is 35.5. The summed E-state index contributed by atoms with van der Waals surface area (Å²) in [5, 5.41) is 9.45. The molecule has 5 rings (SSSR count). The van der Waals surface area contributed by atoms with Crippen molar-refractivity contribution in [2.24, 2.45) is 0 Å². The SMILES string of the molecule is CNC1CC2(NC(=O)COc3ccc(Cl)c(F)c3)CCC1(NC(=O)COc1ccc(Cl)c(F)c1)CC2. The number of amides is 2. The summed E-state index contributed by atoms with van der Waals surface area (Å²) in [6.07, 6.45) is 3.28. The highest BCUT2D eigenvalue weighted by molar-refractivity contribution is 6.31. The number of hydrogen-bond donors (Lipinski definition) is 3. The van der Waals surface area contributed by atoms with Crippen molar-refractivity contribution in [3.8, 4) is 11.5 Å². The Hall–Kier alpha value is -2.62. The van der Waals surface area contributed by atoms with Gasteiger partial charge in [-0.2, -0.15) is 0 Å². The molecule has 194 valence electrons. The maximum Gasteiger partial charge on any atom is 0.258 e. The number of likely N-dealkylation sites (N-methyl/N-ethyl adjacent to an activating group) is 1. The second-order valence-corrected chi connectivity index (χ2v) is 10.1. The lowest BCUT2D eigenvalue weighted by Crippen LogP contribution is -2.73. The van der Waals surface area contributed by atoms with Gasteiger partial charge in [-0.3, -0.25) is 9.59 Å². The average molecular weight is 542 g/mol. The predicted molar refractivity (Wildman–Crippen MR) is 131 cm³/mol. The minimum Gasteiger partial charge on any atom is -0.484 e. The number of nitrogens with one attached hydrogen (secondary N) is 3. The van der Waals surface area contributed by atoms with Gasteiger partial charge in [0.1, 0.15) is 23.1 Å². The van der Waals surface area contributed by atoms with Crippen LogP contribution in [0.1, 0.15) is 32.1 Å². The Balaban J connectivity index is 1.31. The van der Waals surface area contributed by atoms with Crippen molar-refractivity contribution in [2.75, 3.05) is 20.3 Å². The van der Waals surface area contributed by atoms with E-state index in [2.05, 4.69) is 16.0 Å². The first-order valence-corrected chi connectivity index (χ1v) is 12.3. The van der Waals surface area contributed by atoms with E-state index in [9.17, 15) is 18.4 Å². The molecule has 3 aliphatic rings. The zero-order chi connectivity index (χ0) is 25.9. The van der Waals surface area contributed by atoms with Crippen LogP contribution in [-0.4, -0.2) is 49.2 Å². The van der Waals surface area contributed by atoms with Crippen molar-refractivity contribution in [1.82, 2.24) is 16.0 Å². The van der Waals surface area contributed by atoms with Crippen molar-refractivity contribution in [2.45, 2.75) is 49.2 Å². The molecule has 7 nitrogen and oxygen atoms in total. The summed E-state index contributed by atoms with van der Waals surface area (Å²) in [7, 11) is 1.82. The van der Waals surface area contributed by atoms with Crippen LogP contribution in [0.25, 0.3) is 0 Å². The van der Waals surface area contributed by atoms with Crippen LogP contribution in [0, 0.1) is 11.6 Å². The Labute approximate surface area is 217 Å². The van der Waals surface area contributed by atoms with E-state index in [1.807, 2.05) is 7.05 Å². The van der Waals surface area contributed by atoms with E-state index >= 15 is 0 Å². The number of carbonyl (C=O) groups excluding carboxylic acids is 2. The maximum absolute atomic E-state index is 13.6. The molecule has 0 heterocycles. The Bertz CT molecular complexity index is 1140. The van der Waals surface area contributed by atoms with E-state index in [1.54, 1.807) is 0 Å². The summed E-state index contributed by atoms with van der Waals surface area (Å²) in [5.74, 6) is -1.42. The van der Waals surface area contributed by atoms with E-state index in [0.717, 1.165) is 12.1 Å². The molecule has 0 saturated heterocycles. The second-order valence-electron chi connectivity index (χ2n) is 9.31. The second kappa shape index (κ2) is 10.8. The molecule has 0 aromatic heterocycles. The van der Waals surface area contributed by atoms with Crippen molar-refractivity contribution in [3.05, 3.63) is 58.1 Å². The fourth-order valence-corrected chi connectivity index (χ4v) is 5.39. The van der Waals surface area contributed by atoms with Gasteiger partial charge in [0.05, 0.1) is 15.6 Å². The summed E-state index contributed by atoms with van der Waals surface area (Å²) >= 11 is 11.4. The summed E-state index contributed by atoms with van der Waals surface area (Å²) in [5.41, 5.74) is -0.909. The predicted octanol–water partition coefficient (Wildman–Crippen LogP) is 4.01. The lowest BCUT2D eigenvalue weighted by Gasteiger charge is -2.58. The number of halogens is 4. The number of ether oxygens (including phenoxy) is 2. The molecule has 2 aromatic rings. The number of hydrogen-bond acceptors (Lipinski definition) is 5. The molecule has 2 amide bonds. The molecule has 3 fully saturated rings. The first-order valence-electron chi connectivity index (χ1n) is 11.6. The zero-order valence-corrected chi connectivity index (χ0v) is 21.1. The largest absolute Gasteiger partial charge is 0.484 e. The van der Waals surface area contributed by atoms with Gasteiger partial charge in [0.2, 0.25) is 0 Å². The maximum atomic E-state index is 13.6. The standard InChI is InChI=1S/C25H27Cl2F2N3O4/c1-30-21-12-24(31-22(33)13-35-15-2-4-17(26)19(28)10-15)6-8-25(21,9-7-24)32-23(34)14-36-16-3-5-18(27)20(29)11-16/h2-5,10-11,21,30H,6-9,12-14H2,1H3,(H,31,33)(H,32,34). The molecule has 0 radical (unpaired) electrons. The third-order valence-corrected chi connectivity index (χ3v) is 7.64. The van der Waals surface area contributed by atoms with E-state index in [-0.39, 0.29) is 52.6 Å². The fraction of sp³-hybridized carbons (Fsp3) is 0.440. The van der Waals surface area contributed by atoms with Crippen LogP contribution in [-0.2, 0) is 9.59 Å². The minimum atomic E-state index is -0.618. The smallest absolute Gasteiger partial charge is 0.258 e. The Morgan fingerprint density at radius 2 is 1.39 bits per heavy atom. The average Bonchev–Trinajstić information content (AvgIpc) is 2.86. The molecule has 0 spiro atoms. The number of fused-ring (bicyclic) bond motifs is 3. The van der Waals surface area contributed by atoms with Crippen LogP contribution >= 0.6 is 23.2 Å². The quantitative estimate of drug-likeness (QED) is 0.446. The van der Waals surface area contributed by atoms with E-state index in [1.165, 1.54) is 24.3 Å². The van der Waals surface area contributed by atoms with Gasteiger partial charge in [-0.1, -0.05) is 23.2 Å². The molecule has 1 atom stereocenters. The van der Waals surface area contributed by atoms with Crippen molar-refractivity contribution < 1.29 is 27.8 Å². The summed E-state index contributed by atoms with van der Waals surface area (Å²) in [4.78, 5) is 25.3. The summed E-state index contributed by atoms with van der Waals surface area (Å²) < 4.78 is 38.1. The third-order valence-electron chi connectivity index (χ3n) is 7.02. The number of carbonyl (C=O) groups is 2. The highest BCUT2D eigenvalue weighted by Crippen LogP contribution is 2.47. The summed E-state index contributed by atoms with van der Waals surface area (Å²) in [6, 6.07) is 7.93. The fourth-order valence-electron chi connectivity index (χ4n) is 5.16. The van der Waals surface area contributed by atoms with E-state index in [0.29, 0.717) is 32.1 Å². The molecule has 3 aliphatic carbocycles. The van der Waals surface area contributed by atoms with Gasteiger partial charge in [0, 0.05) is 23.7 Å². The van der Waals surface area contributed by atoms with Crippen LogP contribution in [0.15, 0.2) is 36.4 Å². The van der Waals surface area contributed by atoms with Crippen LogP contribution in [0.5, 0.6) is 11.5 Å². The van der Waals surface area contributed by atoms with Crippen molar-refractivity contribution in [3.63, 3.8) is 0 Å². The van der Waals surface area contributed by atoms with Gasteiger partial charge >= 0.3 is 0 Å². The van der Waals surface area contributed by atoms with E-state index in [4.69, 9.17) is 32.7 Å². The highest BCUT2D eigenvalue weighted by Gasteiger charge is 2.55. The van der Waals surface area contributed by atoms with Gasteiger partial charge in [0.15, 0.2) is 13.2 Å². The molecule has 2 aromatic carbocycles. The molecule has 2 bridgehead atoms. The molecule has 11 heteroatoms. The van der Waals surface area contributed by atoms with Gasteiger partial charge < -0.3 is 25.4 Å². The first-order chi connectivity index (χ1) is 17.1. The normalized spacial score (nSPS) is 24.8. The lowest BCUT2D eigenvalue weighted by atomic mass is 9.58. The van der Waals surface area contributed by atoms with Crippen molar-refractivity contribution >= 4 is 35.0 Å². The van der Waals surface area contributed by atoms with Crippen LogP contribution in [0.3, 0.4) is 0 Å². The van der Waals surface area contributed by atoms with Gasteiger partial charge in [0.25, 0.3) is 11.8 Å². The Kier molecular flexibility index (Phi) is 7.92. The molecule has 36 heavy (non-hydrogen) atoms. The lowest BCUT2D eigenvalue weighted by molar-refractivity contribution is -0.131. The van der Waals surface area contributed by atoms with Gasteiger partial charge in [-0.05, 0) is 63.4 Å². The third kappa shape index (κ3) is 5.85. The van der Waals surface area contributed by atoms with E-state index < -0.39 is 22.7 Å². The number of benzene rings is 2. The molecule has 3 N–H and O–H groups in total. The van der Waals surface area contributed by atoms with Gasteiger partial charge in [-0.25, -0.2) is 8.78 Å². The minimum absolute atomic E-state index is 0.0192. The monoisotopic (exact) mass is 541 g/mol. The van der Waals surface area contributed by atoms with Crippen LogP contribution < -0.4 is 25.4 Å². The van der Waals surface area contributed by atoms with Crippen LogP contribution in [0.4, 0.5) is 8.78 Å². The Morgan fingerprint density at radius 1 is 0.889 bits per heavy atom. The molecular formula is C25H27Cl2F2N3O4.